The highest BCUT2D eigenvalue weighted by molar-refractivity contribution is 7.23. The van der Waals surface area contributed by atoms with E-state index in [4.69, 9.17) is 25.5 Å². The van der Waals surface area contributed by atoms with E-state index < -0.39 is 0 Å². The van der Waals surface area contributed by atoms with Crippen molar-refractivity contribution in [2.45, 2.75) is 13.3 Å². The summed E-state index contributed by atoms with van der Waals surface area (Å²) in [5.41, 5.74) is 10.2. The molecule has 0 atom stereocenters. The predicted octanol–water partition coefficient (Wildman–Crippen LogP) is 2.19. The first-order valence-corrected chi connectivity index (χ1v) is 12.5. The van der Waals surface area contributed by atoms with E-state index in [2.05, 4.69) is 27.1 Å². The Balaban J connectivity index is 1.59. The Kier molecular flexibility index (Phi) is 7.03. The monoisotopic (exact) mass is 505 g/mol. The molecule has 4 aromatic rings. The molecule has 3 aromatic heterocycles. The van der Waals surface area contributed by atoms with Gasteiger partial charge in [0.15, 0.2) is 11.6 Å². The van der Waals surface area contributed by atoms with Crippen LogP contribution in [0.25, 0.3) is 32.0 Å². The van der Waals surface area contributed by atoms with Crippen LogP contribution in [0.15, 0.2) is 36.7 Å². The van der Waals surface area contributed by atoms with Crippen LogP contribution in [0.2, 0.25) is 0 Å². The third-order valence-corrected chi connectivity index (χ3v) is 7.30. The molecule has 4 heterocycles. The number of thiophene rings is 1. The number of hydrogen-bond donors (Lipinski definition) is 3. The molecule has 1 aliphatic rings. The number of nitrogens with one attached hydrogen (secondary N) is 1. The number of benzene rings is 1. The molecule has 1 aromatic carbocycles. The molecule has 0 unspecified atom stereocenters. The number of nitrogen functional groups attached to an aromatic ring is 1. The molecule has 0 radical (unpaired) electrons. The Morgan fingerprint density at radius 2 is 1.97 bits per heavy atom. The second-order valence-electron chi connectivity index (χ2n) is 8.48. The van der Waals surface area contributed by atoms with Crippen LogP contribution >= 0.6 is 11.3 Å². The van der Waals surface area contributed by atoms with E-state index >= 15 is 0 Å². The predicted molar refractivity (Wildman–Crippen MR) is 140 cm³/mol. The summed E-state index contributed by atoms with van der Waals surface area (Å²) in [4.78, 5) is 33.6. The van der Waals surface area contributed by atoms with Gasteiger partial charge in [-0.25, -0.2) is 19.9 Å². The molecule has 1 aliphatic heterocycles. The number of rotatable bonds is 7. The summed E-state index contributed by atoms with van der Waals surface area (Å²) < 4.78 is 6.58. The van der Waals surface area contributed by atoms with Crippen LogP contribution in [0.1, 0.15) is 11.1 Å². The summed E-state index contributed by atoms with van der Waals surface area (Å²) in [6.07, 6.45) is 3.53. The minimum Gasteiger partial charge on any atom is -0.395 e. The van der Waals surface area contributed by atoms with Gasteiger partial charge in [0, 0.05) is 36.9 Å². The normalized spacial score (nSPS) is 13.8. The van der Waals surface area contributed by atoms with Crippen molar-refractivity contribution >= 4 is 39.2 Å². The van der Waals surface area contributed by atoms with Crippen molar-refractivity contribution in [2.24, 2.45) is 0 Å². The Morgan fingerprint density at radius 3 is 2.72 bits per heavy atom. The number of carbonyl (C=O) groups excluding carboxylic acids is 1. The van der Waals surface area contributed by atoms with Gasteiger partial charge in [0.05, 0.1) is 42.0 Å². The number of nitrogens with two attached hydrogens (primary N) is 1. The molecule has 1 saturated heterocycles. The summed E-state index contributed by atoms with van der Waals surface area (Å²) in [5.74, 6) is 1.50. The Bertz CT molecular complexity index is 1380. The van der Waals surface area contributed by atoms with E-state index in [0.717, 1.165) is 50.7 Å². The molecule has 0 saturated carbocycles. The smallest absolute Gasteiger partial charge is 0.224 e. The third-order valence-electron chi connectivity index (χ3n) is 5.98. The van der Waals surface area contributed by atoms with Crippen LogP contribution in [0.3, 0.4) is 0 Å². The number of carbonyl (C=O) groups is 1. The average Bonchev–Trinajstić information content (AvgIpc) is 3.24. The molecule has 5 rings (SSSR count). The lowest BCUT2D eigenvalue weighted by Gasteiger charge is -2.28. The number of aromatic nitrogens is 4. The molecular weight excluding hydrogens is 478 g/mol. The molecule has 4 N–H and O–H groups in total. The van der Waals surface area contributed by atoms with E-state index in [1.165, 1.54) is 0 Å². The van der Waals surface area contributed by atoms with Crippen molar-refractivity contribution in [1.82, 2.24) is 25.3 Å². The van der Waals surface area contributed by atoms with Crippen molar-refractivity contribution in [1.29, 1.82) is 0 Å². The molecule has 1 fully saturated rings. The van der Waals surface area contributed by atoms with Crippen LogP contribution in [0.4, 0.5) is 11.8 Å². The van der Waals surface area contributed by atoms with Gasteiger partial charge in [-0.1, -0.05) is 18.2 Å². The topological polar surface area (TPSA) is 139 Å². The quantitative estimate of drug-likeness (QED) is 0.345. The highest BCUT2D eigenvalue weighted by Crippen LogP contribution is 2.42. The van der Waals surface area contributed by atoms with Crippen molar-refractivity contribution in [3.63, 3.8) is 0 Å². The van der Waals surface area contributed by atoms with Crippen LogP contribution in [-0.4, -0.2) is 70.4 Å². The van der Waals surface area contributed by atoms with E-state index in [0.29, 0.717) is 24.6 Å². The Hall–Kier alpha value is -3.67. The molecule has 36 heavy (non-hydrogen) atoms. The van der Waals surface area contributed by atoms with Gasteiger partial charge < -0.3 is 25.8 Å². The number of aliphatic hydroxyl groups is 1. The summed E-state index contributed by atoms with van der Waals surface area (Å²) in [7, 11) is 0. The van der Waals surface area contributed by atoms with E-state index in [1.54, 1.807) is 23.7 Å². The van der Waals surface area contributed by atoms with Gasteiger partial charge in [0.1, 0.15) is 0 Å². The fourth-order valence-electron chi connectivity index (χ4n) is 4.19. The number of amides is 1. The van der Waals surface area contributed by atoms with Crippen molar-refractivity contribution in [2.75, 3.05) is 50.1 Å². The summed E-state index contributed by atoms with van der Waals surface area (Å²) in [6, 6.07) is 7.97. The number of hydrogen-bond acceptors (Lipinski definition) is 10. The maximum Gasteiger partial charge on any atom is 0.224 e. The maximum atomic E-state index is 12.2. The summed E-state index contributed by atoms with van der Waals surface area (Å²) in [5, 5.41) is 11.7. The number of nitrogens with zero attached hydrogens (tertiary/aromatic N) is 5. The van der Waals surface area contributed by atoms with Crippen LogP contribution in [0.5, 0.6) is 0 Å². The van der Waals surface area contributed by atoms with E-state index in [-0.39, 0.29) is 31.4 Å². The SMILES string of the molecule is Cc1c(-c2cccc(CC(=O)NCCO)c2)sc2c(N3CCOCC3)nc(-c3cnc(N)nc3)nc12. The van der Waals surface area contributed by atoms with E-state index in [1.807, 2.05) is 24.3 Å². The molecular formula is C25H27N7O3S. The van der Waals surface area contributed by atoms with Crippen molar-refractivity contribution in [3.05, 3.63) is 47.8 Å². The maximum absolute atomic E-state index is 12.2. The number of aliphatic hydroxyl groups excluding tert-OH is 1. The first-order chi connectivity index (χ1) is 17.5. The number of anilines is 2. The average molecular weight is 506 g/mol. The highest BCUT2D eigenvalue weighted by Gasteiger charge is 2.23. The largest absolute Gasteiger partial charge is 0.395 e. The van der Waals surface area contributed by atoms with Gasteiger partial charge in [-0.2, -0.15) is 0 Å². The van der Waals surface area contributed by atoms with Crippen LogP contribution in [-0.2, 0) is 16.0 Å². The molecule has 11 heteroatoms. The van der Waals surface area contributed by atoms with Gasteiger partial charge in [-0.05, 0) is 29.7 Å². The van der Waals surface area contributed by atoms with Gasteiger partial charge in [0.2, 0.25) is 11.9 Å². The first-order valence-electron chi connectivity index (χ1n) is 11.7. The Labute approximate surface area is 212 Å². The van der Waals surface area contributed by atoms with Crippen LogP contribution < -0.4 is 16.0 Å². The molecule has 186 valence electrons. The zero-order valence-electron chi connectivity index (χ0n) is 19.9. The van der Waals surface area contributed by atoms with Gasteiger partial charge in [0.25, 0.3) is 0 Å². The summed E-state index contributed by atoms with van der Waals surface area (Å²) >= 11 is 1.65. The second-order valence-corrected chi connectivity index (χ2v) is 9.51. The third kappa shape index (κ3) is 4.99. The van der Waals surface area contributed by atoms with Gasteiger partial charge >= 0.3 is 0 Å². The molecule has 1 amide bonds. The van der Waals surface area contributed by atoms with E-state index in [9.17, 15) is 4.79 Å². The van der Waals surface area contributed by atoms with Crippen molar-refractivity contribution in [3.8, 4) is 21.8 Å². The minimum absolute atomic E-state index is 0.0796. The standard InChI is InChI=1S/C25H27N7O3S/c1-15-20-22(36-21(15)17-4-2-3-16(11-17)12-19(34)27-5-8-33)24(32-6-9-35-10-7-32)31-23(30-20)18-13-28-25(26)29-14-18/h2-4,11,13-14,33H,5-10,12H2,1H3,(H,27,34)(H2,26,28,29). The fraction of sp³-hybridized carbons (Fsp3) is 0.320. The zero-order valence-corrected chi connectivity index (χ0v) is 20.7. The van der Waals surface area contributed by atoms with Crippen molar-refractivity contribution < 1.29 is 14.6 Å². The Morgan fingerprint density at radius 1 is 1.19 bits per heavy atom. The molecule has 0 aliphatic carbocycles. The molecule has 0 bridgehead atoms. The summed E-state index contributed by atoms with van der Waals surface area (Å²) in [6.45, 7) is 5.01. The lowest BCUT2D eigenvalue weighted by atomic mass is 10.0. The second kappa shape index (κ2) is 10.5. The number of aryl methyl sites for hydroxylation is 1. The number of fused-ring (bicyclic) bond motifs is 1. The minimum atomic E-state index is -0.120. The van der Waals surface area contributed by atoms with Crippen LogP contribution in [0, 0.1) is 6.92 Å². The fourth-order valence-corrected chi connectivity index (χ4v) is 5.45. The zero-order chi connectivity index (χ0) is 25.1. The highest BCUT2D eigenvalue weighted by atomic mass is 32.1. The first kappa shape index (κ1) is 24.0. The van der Waals surface area contributed by atoms with Gasteiger partial charge in [-0.3, -0.25) is 4.79 Å². The lowest BCUT2D eigenvalue weighted by Crippen LogP contribution is -2.36. The number of ether oxygens (including phenoxy) is 1. The molecule has 10 nitrogen and oxygen atoms in total. The lowest BCUT2D eigenvalue weighted by molar-refractivity contribution is -0.120. The molecule has 0 spiro atoms. The number of morpholine rings is 1. The van der Waals surface area contributed by atoms with Gasteiger partial charge in [-0.15, -0.1) is 11.3 Å².